The summed E-state index contributed by atoms with van der Waals surface area (Å²) >= 11 is 0. The lowest BCUT2D eigenvalue weighted by Gasteiger charge is -2.17. The number of nitrogens with one attached hydrogen (secondary N) is 1. The van der Waals surface area contributed by atoms with E-state index in [0.29, 0.717) is 6.42 Å². The molecule has 0 radical (unpaired) electrons. The molecule has 112 valence electrons. The van der Waals surface area contributed by atoms with E-state index in [-0.39, 0.29) is 30.4 Å². The van der Waals surface area contributed by atoms with Crippen LogP contribution >= 0.6 is 0 Å². The van der Waals surface area contributed by atoms with Gasteiger partial charge in [-0.25, -0.2) is 0 Å². The summed E-state index contributed by atoms with van der Waals surface area (Å²) in [7, 11) is 0. The lowest BCUT2D eigenvalue weighted by molar-refractivity contribution is -0.153. The molecule has 0 heterocycles. The molecule has 1 aromatic carbocycles. The maximum absolute atomic E-state index is 11.8. The van der Waals surface area contributed by atoms with Crippen molar-refractivity contribution in [1.29, 1.82) is 0 Å². The van der Waals surface area contributed by atoms with Crippen molar-refractivity contribution in [1.82, 2.24) is 5.32 Å². The van der Waals surface area contributed by atoms with Gasteiger partial charge in [0.05, 0.1) is 12.0 Å². The second-order valence-corrected chi connectivity index (χ2v) is 5.29. The van der Waals surface area contributed by atoms with Gasteiger partial charge in [-0.3, -0.25) is 9.59 Å². The van der Waals surface area contributed by atoms with Crippen LogP contribution in [0.1, 0.15) is 37.8 Å². The van der Waals surface area contributed by atoms with E-state index in [2.05, 4.69) is 11.4 Å². The average molecular weight is 287 g/mol. The summed E-state index contributed by atoms with van der Waals surface area (Å²) in [6, 6.07) is 9.58. The fourth-order valence-electron chi connectivity index (χ4n) is 2.37. The topological polar surface area (TPSA) is 55.4 Å². The van der Waals surface area contributed by atoms with E-state index >= 15 is 0 Å². The number of benzene rings is 1. The van der Waals surface area contributed by atoms with Crippen LogP contribution in [0.3, 0.4) is 0 Å². The SMILES string of the molecule is C[C@H](NC(=O)COC(=O)[C@@H]1CC=CCC1)c1ccccc1. The molecule has 0 saturated carbocycles. The highest BCUT2D eigenvalue weighted by molar-refractivity contribution is 5.81. The van der Waals surface area contributed by atoms with Crippen LogP contribution in [0.2, 0.25) is 0 Å². The fourth-order valence-corrected chi connectivity index (χ4v) is 2.37. The third-order valence-electron chi connectivity index (χ3n) is 3.62. The van der Waals surface area contributed by atoms with E-state index in [9.17, 15) is 9.59 Å². The van der Waals surface area contributed by atoms with Gasteiger partial charge in [0.15, 0.2) is 6.61 Å². The van der Waals surface area contributed by atoms with Crippen LogP contribution in [0.5, 0.6) is 0 Å². The molecule has 1 amide bonds. The highest BCUT2D eigenvalue weighted by Crippen LogP contribution is 2.19. The molecule has 0 aromatic heterocycles. The van der Waals surface area contributed by atoms with Gasteiger partial charge in [-0.2, -0.15) is 0 Å². The minimum absolute atomic E-state index is 0.102. The van der Waals surface area contributed by atoms with Gasteiger partial charge in [-0.15, -0.1) is 0 Å². The highest BCUT2D eigenvalue weighted by atomic mass is 16.5. The zero-order chi connectivity index (χ0) is 15.1. The second kappa shape index (κ2) is 7.62. The Labute approximate surface area is 125 Å². The van der Waals surface area contributed by atoms with Crippen LogP contribution in [0, 0.1) is 5.92 Å². The molecular weight excluding hydrogens is 266 g/mol. The molecule has 0 unspecified atom stereocenters. The predicted octanol–water partition coefficient (Wildman–Crippen LogP) is 2.76. The summed E-state index contributed by atoms with van der Waals surface area (Å²) in [4.78, 5) is 23.6. The van der Waals surface area contributed by atoms with Crippen LogP contribution in [0.25, 0.3) is 0 Å². The van der Waals surface area contributed by atoms with E-state index in [1.807, 2.05) is 43.3 Å². The summed E-state index contributed by atoms with van der Waals surface area (Å²) in [5.41, 5.74) is 1.02. The molecule has 0 saturated heterocycles. The number of carbonyl (C=O) groups is 2. The summed E-state index contributed by atoms with van der Waals surface area (Å²) in [6.45, 7) is 1.69. The fraction of sp³-hybridized carbons (Fsp3) is 0.412. The Bertz CT molecular complexity index is 510. The van der Waals surface area contributed by atoms with Crippen LogP contribution in [0.15, 0.2) is 42.5 Å². The summed E-state index contributed by atoms with van der Waals surface area (Å²) in [5.74, 6) is -0.651. The lowest BCUT2D eigenvalue weighted by Crippen LogP contribution is -2.32. The predicted molar refractivity (Wildman–Crippen MR) is 80.4 cm³/mol. The molecule has 1 N–H and O–H groups in total. The van der Waals surface area contributed by atoms with E-state index in [1.165, 1.54) is 0 Å². The molecular formula is C17H21NO3. The molecule has 0 aliphatic heterocycles. The van der Waals surface area contributed by atoms with Crippen molar-refractivity contribution in [3.05, 3.63) is 48.0 Å². The van der Waals surface area contributed by atoms with Crippen LogP contribution < -0.4 is 5.32 Å². The van der Waals surface area contributed by atoms with E-state index in [4.69, 9.17) is 4.74 Å². The number of esters is 1. The average Bonchev–Trinajstić information content (AvgIpc) is 2.54. The van der Waals surface area contributed by atoms with Crippen molar-refractivity contribution in [2.75, 3.05) is 6.61 Å². The number of allylic oxidation sites excluding steroid dienone is 2. The number of hydrogen-bond acceptors (Lipinski definition) is 3. The molecule has 0 spiro atoms. The third kappa shape index (κ3) is 4.74. The Kier molecular flexibility index (Phi) is 5.55. The van der Waals surface area contributed by atoms with Crippen molar-refractivity contribution < 1.29 is 14.3 Å². The number of amides is 1. The number of hydrogen-bond donors (Lipinski definition) is 1. The molecule has 21 heavy (non-hydrogen) atoms. The Morgan fingerprint density at radius 1 is 1.29 bits per heavy atom. The van der Waals surface area contributed by atoms with E-state index < -0.39 is 0 Å². The first kappa shape index (κ1) is 15.3. The van der Waals surface area contributed by atoms with Gasteiger partial charge in [-0.05, 0) is 31.7 Å². The zero-order valence-electron chi connectivity index (χ0n) is 12.2. The van der Waals surface area contributed by atoms with E-state index in [0.717, 1.165) is 18.4 Å². The van der Waals surface area contributed by atoms with Gasteiger partial charge in [0.25, 0.3) is 5.91 Å². The molecule has 4 nitrogen and oxygen atoms in total. The van der Waals surface area contributed by atoms with Gasteiger partial charge >= 0.3 is 5.97 Å². The van der Waals surface area contributed by atoms with Crippen molar-refractivity contribution in [2.45, 2.75) is 32.2 Å². The number of carbonyl (C=O) groups excluding carboxylic acids is 2. The van der Waals surface area contributed by atoms with Crippen molar-refractivity contribution in [3.8, 4) is 0 Å². The van der Waals surface area contributed by atoms with Crippen LogP contribution in [0.4, 0.5) is 0 Å². The highest BCUT2D eigenvalue weighted by Gasteiger charge is 2.21. The Hall–Kier alpha value is -2.10. The van der Waals surface area contributed by atoms with Gasteiger partial charge < -0.3 is 10.1 Å². The number of rotatable bonds is 5. The molecule has 2 atom stereocenters. The molecule has 4 heteroatoms. The Balaban J connectivity index is 1.74. The van der Waals surface area contributed by atoms with Gasteiger partial charge in [0.2, 0.25) is 0 Å². The van der Waals surface area contributed by atoms with Crippen molar-refractivity contribution in [3.63, 3.8) is 0 Å². The quantitative estimate of drug-likeness (QED) is 0.669. The Morgan fingerprint density at radius 3 is 2.71 bits per heavy atom. The molecule has 0 bridgehead atoms. The summed E-state index contributed by atoms with van der Waals surface area (Å²) < 4.78 is 5.10. The molecule has 1 aliphatic rings. The zero-order valence-corrected chi connectivity index (χ0v) is 12.2. The molecule has 2 rings (SSSR count). The van der Waals surface area contributed by atoms with Crippen molar-refractivity contribution in [2.24, 2.45) is 5.92 Å². The maximum atomic E-state index is 11.8. The van der Waals surface area contributed by atoms with Gasteiger partial charge in [-0.1, -0.05) is 42.5 Å². The minimum atomic E-state index is -0.276. The minimum Gasteiger partial charge on any atom is -0.455 e. The smallest absolute Gasteiger partial charge is 0.309 e. The van der Waals surface area contributed by atoms with Crippen molar-refractivity contribution >= 4 is 11.9 Å². The first-order valence-electron chi connectivity index (χ1n) is 7.32. The monoisotopic (exact) mass is 287 g/mol. The van der Waals surface area contributed by atoms with E-state index in [1.54, 1.807) is 0 Å². The number of ether oxygens (including phenoxy) is 1. The molecule has 0 fully saturated rings. The largest absolute Gasteiger partial charge is 0.455 e. The maximum Gasteiger partial charge on any atom is 0.309 e. The first-order valence-corrected chi connectivity index (χ1v) is 7.32. The molecule has 1 aromatic rings. The van der Waals surface area contributed by atoms with Gasteiger partial charge in [0, 0.05) is 0 Å². The standard InChI is InChI=1S/C17H21NO3/c1-13(14-8-4-2-5-9-14)18-16(19)12-21-17(20)15-10-6-3-7-11-15/h2-6,8-9,13,15H,7,10-12H2,1H3,(H,18,19)/t13-,15+/m0/s1. The summed E-state index contributed by atoms with van der Waals surface area (Å²) in [6.07, 6.45) is 6.47. The van der Waals surface area contributed by atoms with Gasteiger partial charge in [0.1, 0.15) is 0 Å². The Morgan fingerprint density at radius 2 is 2.05 bits per heavy atom. The summed E-state index contributed by atoms with van der Waals surface area (Å²) in [5, 5.41) is 2.82. The van der Waals surface area contributed by atoms with Crippen LogP contribution in [-0.4, -0.2) is 18.5 Å². The van der Waals surface area contributed by atoms with Crippen LogP contribution in [-0.2, 0) is 14.3 Å². The third-order valence-corrected chi connectivity index (χ3v) is 3.62. The normalized spacial score (nSPS) is 18.8. The molecule has 1 aliphatic carbocycles. The lowest BCUT2D eigenvalue weighted by atomic mass is 9.95. The second-order valence-electron chi connectivity index (χ2n) is 5.29. The first-order chi connectivity index (χ1) is 10.2.